The highest BCUT2D eigenvalue weighted by Gasteiger charge is 2.39. The Morgan fingerprint density at radius 3 is 2.63 bits per heavy atom. The first-order valence-electron chi connectivity index (χ1n) is 9.69. The van der Waals surface area contributed by atoms with E-state index >= 15 is 0 Å². The zero-order chi connectivity index (χ0) is 20.1. The molecule has 0 radical (unpaired) electrons. The Morgan fingerprint density at radius 1 is 1.19 bits per heavy atom. The van der Waals surface area contributed by atoms with E-state index in [0.29, 0.717) is 25.7 Å². The van der Waals surface area contributed by atoms with Gasteiger partial charge in [0.05, 0.1) is 12.2 Å². The van der Waals surface area contributed by atoms with Crippen LogP contribution in [0.4, 0.5) is 0 Å². The van der Waals surface area contributed by atoms with E-state index < -0.39 is 18.2 Å². The minimum Gasteiger partial charge on any atom is -0.481 e. The molecule has 0 amide bonds. The van der Waals surface area contributed by atoms with Crippen LogP contribution in [-0.2, 0) is 9.59 Å². The number of carboxylic acid groups (broad SMARTS) is 1. The molecule has 5 nitrogen and oxygen atoms in total. The van der Waals surface area contributed by atoms with Crippen LogP contribution >= 0.6 is 0 Å². The number of carboxylic acids is 1. The summed E-state index contributed by atoms with van der Waals surface area (Å²) >= 11 is 0. The zero-order valence-electron chi connectivity index (χ0n) is 16.0. The highest BCUT2D eigenvalue weighted by molar-refractivity contribution is 5.86. The van der Waals surface area contributed by atoms with Crippen LogP contribution in [0.2, 0.25) is 0 Å². The molecule has 0 aromatic heterocycles. The maximum Gasteiger partial charge on any atom is 0.303 e. The van der Waals surface area contributed by atoms with E-state index in [1.807, 2.05) is 43.4 Å². The minimum absolute atomic E-state index is 0.0305. The standard InChI is InChI=1S/C22H32O5/c1-2-3-8-12-18-19(21(25)16-20(18)24)15-14-17(23)11-9-6-4-5-7-10-13-22(26)27/h3,5-9,14-15,17-20,23-24H,2,4,10-13,16H2,1H3,(H,26,27)/b7-5-,8-3-,9-6-,15-14+/t17-,18-,19-,20+/m0/s1. The van der Waals surface area contributed by atoms with Gasteiger partial charge in [-0.3, -0.25) is 9.59 Å². The molecule has 150 valence electrons. The Labute approximate surface area is 161 Å². The van der Waals surface area contributed by atoms with Gasteiger partial charge in [0.2, 0.25) is 0 Å². The molecule has 1 fully saturated rings. The molecular formula is C22H32O5. The highest BCUT2D eigenvalue weighted by Crippen LogP contribution is 2.33. The van der Waals surface area contributed by atoms with Crippen LogP contribution in [0.25, 0.3) is 0 Å². The van der Waals surface area contributed by atoms with E-state index in [1.165, 1.54) is 0 Å². The summed E-state index contributed by atoms with van der Waals surface area (Å²) in [7, 11) is 0. The molecule has 1 aliphatic rings. The monoisotopic (exact) mass is 376 g/mol. The lowest BCUT2D eigenvalue weighted by atomic mass is 9.90. The van der Waals surface area contributed by atoms with Gasteiger partial charge in [0.25, 0.3) is 0 Å². The van der Waals surface area contributed by atoms with E-state index in [9.17, 15) is 19.8 Å². The lowest BCUT2D eigenvalue weighted by Crippen LogP contribution is -2.19. The molecule has 0 aromatic rings. The molecule has 1 saturated carbocycles. The van der Waals surface area contributed by atoms with Gasteiger partial charge in [-0.2, -0.15) is 0 Å². The summed E-state index contributed by atoms with van der Waals surface area (Å²) in [5.41, 5.74) is 0. The summed E-state index contributed by atoms with van der Waals surface area (Å²) in [6.45, 7) is 2.04. The van der Waals surface area contributed by atoms with Crippen molar-refractivity contribution in [1.82, 2.24) is 0 Å². The number of aliphatic carboxylic acids is 1. The van der Waals surface area contributed by atoms with E-state index in [-0.39, 0.29) is 30.5 Å². The maximum atomic E-state index is 12.1. The number of rotatable bonds is 12. The molecule has 0 aromatic carbocycles. The summed E-state index contributed by atoms with van der Waals surface area (Å²) in [5.74, 6) is -1.22. The normalized spacial score (nSPS) is 24.9. The summed E-state index contributed by atoms with van der Waals surface area (Å²) < 4.78 is 0. The largest absolute Gasteiger partial charge is 0.481 e. The predicted molar refractivity (Wildman–Crippen MR) is 106 cm³/mol. The first-order valence-corrected chi connectivity index (χ1v) is 9.69. The van der Waals surface area contributed by atoms with Gasteiger partial charge >= 0.3 is 5.97 Å². The van der Waals surface area contributed by atoms with Crippen LogP contribution in [0.1, 0.15) is 51.9 Å². The first kappa shape index (κ1) is 23.1. The molecule has 0 unspecified atom stereocenters. The van der Waals surface area contributed by atoms with E-state index in [1.54, 1.807) is 12.2 Å². The molecule has 0 aliphatic heterocycles. The van der Waals surface area contributed by atoms with Crippen molar-refractivity contribution in [3.8, 4) is 0 Å². The molecule has 4 atom stereocenters. The quantitative estimate of drug-likeness (QED) is 0.453. The molecule has 0 heterocycles. The van der Waals surface area contributed by atoms with E-state index in [2.05, 4.69) is 0 Å². The topological polar surface area (TPSA) is 94.8 Å². The second-order valence-electron chi connectivity index (χ2n) is 6.84. The zero-order valence-corrected chi connectivity index (χ0v) is 16.0. The number of carbonyl (C=O) groups excluding carboxylic acids is 1. The average molecular weight is 376 g/mol. The van der Waals surface area contributed by atoms with Crippen molar-refractivity contribution in [3.05, 3.63) is 48.6 Å². The van der Waals surface area contributed by atoms with Crippen LogP contribution < -0.4 is 0 Å². The summed E-state index contributed by atoms with van der Waals surface area (Å²) in [5, 5.41) is 28.7. The second-order valence-corrected chi connectivity index (χ2v) is 6.84. The minimum atomic E-state index is -0.804. The van der Waals surface area contributed by atoms with Crippen LogP contribution in [0.15, 0.2) is 48.6 Å². The molecule has 27 heavy (non-hydrogen) atoms. The van der Waals surface area contributed by atoms with Crippen molar-refractivity contribution in [2.45, 2.75) is 64.1 Å². The van der Waals surface area contributed by atoms with Gasteiger partial charge < -0.3 is 15.3 Å². The SMILES string of the molecule is CC/C=C\C[C@@H]1[C@H](O)CC(=O)[C@H]1/C=C/[C@@H](O)C/C=C\C/C=C\CCC(=O)O. The van der Waals surface area contributed by atoms with E-state index in [0.717, 1.165) is 6.42 Å². The van der Waals surface area contributed by atoms with Gasteiger partial charge in [0.15, 0.2) is 0 Å². The summed E-state index contributed by atoms with van der Waals surface area (Å²) in [4.78, 5) is 22.5. The third-order valence-electron chi connectivity index (χ3n) is 4.60. The number of aliphatic hydroxyl groups is 2. The van der Waals surface area contributed by atoms with Crippen LogP contribution in [0.5, 0.6) is 0 Å². The molecule has 3 N–H and O–H groups in total. The molecule has 0 saturated heterocycles. The summed E-state index contributed by atoms with van der Waals surface area (Å²) in [6, 6.07) is 0. The molecular weight excluding hydrogens is 344 g/mol. The number of aliphatic hydroxyl groups excluding tert-OH is 2. The van der Waals surface area contributed by atoms with Crippen molar-refractivity contribution in [1.29, 1.82) is 0 Å². The molecule has 5 heteroatoms. The van der Waals surface area contributed by atoms with Crippen molar-refractivity contribution in [2.75, 3.05) is 0 Å². The van der Waals surface area contributed by atoms with E-state index in [4.69, 9.17) is 5.11 Å². The molecule has 1 rings (SSSR count). The fourth-order valence-electron chi connectivity index (χ4n) is 3.10. The molecule has 1 aliphatic carbocycles. The summed E-state index contributed by atoms with van der Waals surface area (Å²) in [6.07, 6.45) is 17.2. The Bertz CT molecular complexity index is 573. The number of allylic oxidation sites excluding steroid dienone is 6. The van der Waals surface area contributed by atoms with Crippen molar-refractivity contribution in [2.24, 2.45) is 11.8 Å². The maximum absolute atomic E-state index is 12.1. The first-order chi connectivity index (χ1) is 13.0. The second kappa shape index (κ2) is 13.2. The predicted octanol–water partition coefficient (Wildman–Crippen LogP) is 3.58. The van der Waals surface area contributed by atoms with Crippen molar-refractivity contribution in [3.63, 3.8) is 0 Å². The van der Waals surface area contributed by atoms with Crippen molar-refractivity contribution < 1.29 is 24.9 Å². The third kappa shape index (κ3) is 9.50. The van der Waals surface area contributed by atoms with Gasteiger partial charge in [-0.25, -0.2) is 0 Å². The number of carbonyl (C=O) groups is 2. The van der Waals surface area contributed by atoms with Gasteiger partial charge in [-0.15, -0.1) is 0 Å². The van der Waals surface area contributed by atoms with Crippen molar-refractivity contribution >= 4 is 11.8 Å². The number of hydrogen-bond acceptors (Lipinski definition) is 4. The fourth-order valence-corrected chi connectivity index (χ4v) is 3.10. The van der Waals surface area contributed by atoms with Crippen LogP contribution in [0, 0.1) is 11.8 Å². The third-order valence-corrected chi connectivity index (χ3v) is 4.60. The smallest absolute Gasteiger partial charge is 0.303 e. The lowest BCUT2D eigenvalue weighted by molar-refractivity contribution is -0.136. The molecule has 0 bridgehead atoms. The highest BCUT2D eigenvalue weighted by atomic mass is 16.4. The number of ketones is 1. The Balaban J connectivity index is 2.40. The fraction of sp³-hybridized carbons (Fsp3) is 0.545. The Morgan fingerprint density at radius 2 is 1.93 bits per heavy atom. The van der Waals surface area contributed by atoms with Gasteiger partial charge in [0.1, 0.15) is 5.78 Å². The Kier molecular flexibility index (Phi) is 11.3. The van der Waals surface area contributed by atoms with Crippen LogP contribution in [0.3, 0.4) is 0 Å². The Hall–Kier alpha value is -1.98. The molecule has 0 spiro atoms. The number of hydrogen-bond donors (Lipinski definition) is 3. The van der Waals surface area contributed by atoms with Crippen LogP contribution in [-0.4, -0.2) is 39.3 Å². The number of Topliss-reactive ketones (excluding diaryl/α,β-unsaturated/α-hetero) is 1. The van der Waals surface area contributed by atoms with Gasteiger partial charge in [0, 0.05) is 24.7 Å². The lowest BCUT2D eigenvalue weighted by Gasteiger charge is -2.16. The van der Waals surface area contributed by atoms with Gasteiger partial charge in [-0.1, -0.05) is 55.5 Å². The van der Waals surface area contributed by atoms with Gasteiger partial charge in [-0.05, 0) is 32.1 Å². The average Bonchev–Trinajstić information content (AvgIpc) is 2.88.